The topological polar surface area (TPSA) is 46.2 Å². The van der Waals surface area contributed by atoms with E-state index in [1.54, 1.807) is 30.3 Å². The summed E-state index contributed by atoms with van der Waals surface area (Å²) in [5.41, 5.74) is 7.35. The van der Waals surface area contributed by atoms with Crippen molar-refractivity contribution in [2.75, 3.05) is 0 Å². The van der Waals surface area contributed by atoms with Gasteiger partial charge in [0.05, 0.1) is 12.1 Å². The molecule has 2 nitrogen and oxygen atoms in total. The van der Waals surface area contributed by atoms with E-state index in [9.17, 15) is 5.11 Å². The van der Waals surface area contributed by atoms with Gasteiger partial charge >= 0.3 is 0 Å². The third-order valence-corrected chi connectivity index (χ3v) is 3.52. The Morgan fingerprint density at radius 2 is 1.28 bits per heavy atom. The van der Waals surface area contributed by atoms with E-state index in [2.05, 4.69) is 0 Å². The van der Waals surface area contributed by atoms with Crippen LogP contribution in [-0.4, -0.2) is 5.11 Å². The molecule has 0 bridgehead atoms. The predicted octanol–water partition coefficient (Wildman–Crippen LogP) is 3.73. The Morgan fingerprint density at radius 1 is 0.833 bits per heavy atom. The van der Waals surface area contributed by atoms with Gasteiger partial charge < -0.3 is 10.8 Å². The number of aliphatic hydroxyl groups is 1. The molecule has 3 N–H and O–H groups in total. The Morgan fingerprint density at radius 3 is 1.78 bits per heavy atom. The van der Waals surface area contributed by atoms with Crippen LogP contribution in [-0.2, 0) is 0 Å². The second-order valence-corrected chi connectivity index (χ2v) is 4.83. The standard InChI is InChI=1S/C14H13Cl2NO/c15-11-7-3-1-5-9(11)13(17)14(18)10-6-2-4-8-12(10)16/h1-8,13-14,18H,17H2. The maximum atomic E-state index is 10.3. The van der Waals surface area contributed by atoms with Crippen molar-refractivity contribution in [3.8, 4) is 0 Å². The van der Waals surface area contributed by atoms with Gasteiger partial charge in [0.15, 0.2) is 0 Å². The van der Waals surface area contributed by atoms with Crippen LogP contribution in [0.5, 0.6) is 0 Å². The summed E-state index contributed by atoms with van der Waals surface area (Å²) in [6.45, 7) is 0. The molecule has 0 spiro atoms. The van der Waals surface area contributed by atoms with Crippen LogP contribution in [0.25, 0.3) is 0 Å². The van der Waals surface area contributed by atoms with E-state index >= 15 is 0 Å². The zero-order valence-corrected chi connectivity index (χ0v) is 11.1. The molecule has 2 unspecified atom stereocenters. The molecular weight excluding hydrogens is 269 g/mol. The number of aliphatic hydroxyl groups excluding tert-OH is 1. The molecule has 0 amide bonds. The summed E-state index contributed by atoms with van der Waals surface area (Å²) in [4.78, 5) is 0. The van der Waals surface area contributed by atoms with Crippen molar-refractivity contribution in [1.82, 2.24) is 0 Å². The summed E-state index contributed by atoms with van der Waals surface area (Å²) < 4.78 is 0. The van der Waals surface area contributed by atoms with Crippen LogP contribution in [0.3, 0.4) is 0 Å². The molecule has 2 atom stereocenters. The summed E-state index contributed by atoms with van der Waals surface area (Å²) in [5, 5.41) is 11.3. The number of halogens is 2. The lowest BCUT2D eigenvalue weighted by atomic mass is 9.96. The van der Waals surface area contributed by atoms with Crippen molar-refractivity contribution in [2.24, 2.45) is 5.73 Å². The van der Waals surface area contributed by atoms with Crippen LogP contribution >= 0.6 is 23.2 Å². The average Bonchev–Trinajstić information content (AvgIpc) is 2.38. The molecule has 0 fully saturated rings. The van der Waals surface area contributed by atoms with Gasteiger partial charge in [0.2, 0.25) is 0 Å². The summed E-state index contributed by atoms with van der Waals surface area (Å²) in [6, 6.07) is 13.7. The fourth-order valence-electron chi connectivity index (χ4n) is 1.82. The van der Waals surface area contributed by atoms with Crippen LogP contribution in [0.2, 0.25) is 10.0 Å². The minimum atomic E-state index is -0.890. The smallest absolute Gasteiger partial charge is 0.0997 e. The minimum Gasteiger partial charge on any atom is -0.386 e. The van der Waals surface area contributed by atoms with E-state index in [0.29, 0.717) is 21.2 Å². The van der Waals surface area contributed by atoms with Crippen LogP contribution in [0, 0.1) is 0 Å². The molecule has 2 rings (SSSR count). The molecule has 0 aliphatic rings. The van der Waals surface area contributed by atoms with E-state index < -0.39 is 12.1 Å². The lowest BCUT2D eigenvalue weighted by Crippen LogP contribution is -2.20. The zero-order chi connectivity index (χ0) is 13.1. The molecule has 0 saturated carbocycles. The van der Waals surface area contributed by atoms with Crippen molar-refractivity contribution in [3.63, 3.8) is 0 Å². The third kappa shape index (κ3) is 2.68. The van der Waals surface area contributed by atoms with Crippen molar-refractivity contribution in [1.29, 1.82) is 0 Å². The highest BCUT2D eigenvalue weighted by molar-refractivity contribution is 6.31. The van der Waals surface area contributed by atoms with Gasteiger partial charge in [-0.05, 0) is 17.7 Å². The van der Waals surface area contributed by atoms with Crippen LogP contribution in [0.15, 0.2) is 48.5 Å². The van der Waals surface area contributed by atoms with Gasteiger partial charge in [-0.25, -0.2) is 0 Å². The lowest BCUT2D eigenvalue weighted by molar-refractivity contribution is 0.147. The number of hydrogen-bond donors (Lipinski definition) is 2. The first kappa shape index (κ1) is 13.4. The molecule has 0 radical (unpaired) electrons. The van der Waals surface area contributed by atoms with E-state index in [1.165, 1.54) is 0 Å². The SMILES string of the molecule is NC(c1ccccc1Cl)C(O)c1ccccc1Cl. The monoisotopic (exact) mass is 281 g/mol. The lowest BCUT2D eigenvalue weighted by Gasteiger charge is -2.21. The molecule has 0 aliphatic heterocycles. The number of hydrogen-bond acceptors (Lipinski definition) is 2. The van der Waals surface area contributed by atoms with Gasteiger partial charge in [-0.2, -0.15) is 0 Å². The molecule has 2 aromatic rings. The quantitative estimate of drug-likeness (QED) is 0.901. The fraction of sp³-hybridized carbons (Fsp3) is 0.143. The Kier molecular flexibility index (Phi) is 4.25. The molecule has 0 aromatic heterocycles. The van der Waals surface area contributed by atoms with Gasteiger partial charge in [0.1, 0.15) is 0 Å². The van der Waals surface area contributed by atoms with Crippen LogP contribution < -0.4 is 5.73 Å². The van der Waals surface area contributed by atoms with Crippen molar-refractivity contribution in [2.45, 2.75) is 12.1 Å². The molecular formula is C14H13Cl2NO. The number of rotatable bonds is 3. The fourth-order valence-corrected chi connectivity index (χ4v) is 2.33. The number of nitrogens with two attached hydrogens (primary N) is 1. The van der Waals surface area contributed by atoms with E-state index in [1.807, 2.05) is 18.2 Å². The van der Waals surface area contributed by atoms with Gasteiger partial charge in [-0.1, -0.05) is 59.6 Å². The first-order valence-corrected chi connectivity index (χ1v) is 6.29. The average molecular weight is 282 g/mol. The highest BCUT2D eigenvalue weighted by atomic mass is 35.5. The third-order valence-electron chi connectivity index (χ3n) is 2.83. The number of benzene rings is 2. The van der Waals surface area contributed by atoms with Gasteiger partial charge in [0, 0.05) is 15.6 Å². The van der Waals surface area contributed by atoms with E-state index in [-0.39, 0.29) is 0 Å². The first-order chi connectivity index (χ1) is 8.61. The molecule has 0 saturated heterocycles. The zero-order valence-electron chi connectivity index (χ0n) is 9.55. The maximum absolute atomic E-state index is 10.3. The normalized spacial score (nSPS) is 14.2. The van der Waals surface area contributed by atoms with Crippen molar-refractivity contribution in [3.05, 3.63) is 69.7 Å². The Labute approximate surface area is 116 Å². The Balaban J connectivity index is 2.33. The van der Waals surface area contributed by atoms with Crippen LogP contribution in [0.4, 0.5) is 0 Å². The highest BCUT2D eigenvalue weighted by Gasteiger charge is 2.22. The van der Waals surface area contributed by atoms with Gasteiger partial charge in [-0.15, -0.1) is 0 Å². The summed E-state index contributed by atoms with van der Waals surface area (Å²) in [7, 11) is 0. The summed E-state index contributed by atoms with van der Waals surface area (Å²) in [5.74, 6) is 0. The second-order valence-electron chi connectivity index (χ2n) is 4.01. The van der Waals surface area contributed by atoms with Gasteiger partial charge in [-0.3, -0.25) is 0 Å². The summed E-state index contributed by atoms with van der Waals surface area (Å²) in [6.07, 6.45) is -0.890. The predicted molar refractivity (Wildman–Crippen MR) is 74.8 cm³/mol. The molecule has 0 heterocycles. The van der Waals surface area contributed by atoms with E-state index in [4.69, 9.17) is 28.9 Å². The van der Waals surface area contributed by atoms with Gasteiger partial charge in [0.25, 0.3) is 0 Å². The second kappa shape index (κ2) is 5.72. The largest absolute Gasteiger partial charge is 0.386 e. The summed E-state index contributed by atoms with van der Waals surface area (Å²) >= 11 is 12.1. The Bertz CT molecular complexity index is 495. The Hall–Kier alpha value is -1.06. The van der Waals surface area contributed by atoms with Crippen molar-refractivity contribution < 1.29 is 5.11 Å². The molecule has 0 aliphatic carbocycles. The van der Waals surface area contributed by atoms with Crippen LogP contribution in [0.1, 0.15) is 23.3 Å². The van der Waals surface area contributed by atoms with E-state index in [0.717, 1.165) is 0 Å². The first-order valence-electron chi connectivity index (χ1n) is 5.53. The van der Waals surface area contributed by atoms with Crippen molar-refractivity contribution >= 4 is 23.2 Å². The molecule has 94 valence electrons. The molecule has 18 heavy (non-hydrogen) atoms. The molecule has 4 heteroatoms. The minimum absolute atomic E-state index is 0.493. The molecule has 2 aromatic carbocycles. The maximum Gasteiger partial charge on any atom is 0.0997 e. The highest BCUT2D eigenvalue weighted by Crippen LogP contribution is 2.33.